The van der Waals surface area contributed by atoms with Crippen LogP contribution in [0.2, 0.25) is 0 Å². The molecule has 29 heavy (non-hydrogen) atoms. The van der Waals surface area contributed by atoms with Crippen LogP contribution in [-0.2, 0) is 25.5 Å². The maximum absolute atomic E-state index is 12.5. The second-order valence-corrected chi connectivity index (χ2v) is 7.16. The zero-order valence-corrected chi connectivity index (χ0v) is 17.4. The highest BCUT2D eigenvalue weighted by Gasteiger charge is 2.49. The number of carbonyl (C=O) groups is 4. The highest BCUT2D eigenvalue weighted by atomic mass is 16.5. The van der Waals surface area contributed by atoms with Crippen molar-refractivity contribution in [1.29, 1.82) is 0 Å². The predicted octanol–water partition coefficient (Wildman–Crippen LogP) is 2.08. The fourth-order valence-electron chi connectivity index (χ4n) is 3.28. The molecule has 1 aliphatic heterocycles. The number of benzene rings is 1. The Morgan fingerprint density at radius 2 is 1.76 bits per heavy atom. The van der Waals surface area contributed by atoms with Gasteiger partial charge >= 0.3 is 12.0 Å². The van der Waals surface area contributed by atoms with Crippen molar-refractivity contribution >= 4 is 23.8 Å². The molecular weight excluding hydrogens is 374 g/mol. The van der Waals surface area contributed by atoms with Crippen molar-refractivity contribution in [3.8, 4) is 0 Å². The molecule has 1 heterocycles. The number of rotatable bonds is 9. The number of esters is 1. The number of urea groups is 1. The van der Waals surface area contributed by atoms with E-state index in [2.05, 4.69) is 17.6 Å². The monoisotopic (exact) mass is 403 g/mol. The minimum absolute atomic E-state index is 0.243. The summed E-state index contributed by atoms with van der Waals surface area (Å²) in [5, 5.41) is 5.40. The number of imide groups is 1. The van der Waals surface area contributed by atoms with Crippen molar-refractivity contribution in [2.75, 3.05) is 13.2 Å². The lowest BCUT2D eigenvalue weighted by molar-refractivity contribution is -0.151. The molecule has 1 fully saturated rings. The fourth-order valence-corrected chi connectivity index (χ4v) is 3.28. The smallest absolute Gasteiger partial charge is 0.326 e. The van der Waals surface area contributed by atoms with Crippen molar-refractivity contribution in [2.45, 2.75) is 58.5 Å². The first-order valence-electron chi connectivity index (χ1n) is 9.94. The average Bonchev–Trinajstić information content (AvgIpc) is 2.96. The van der Waals surface area contributed by atoms with Crippen molar-refractivity contribution in [2.24, 2.45) is 0 Å². The lowest BCUT2D eigenvalue weighted by Crippen LogP contribution is -2.46. The summed E-state index contributed by atoms with van der Waals surface area (Å²) >= 11 is 0. The molecule has 0 radical (unpaired) electrons. The Bertz CT molecular complexity index is 771. The van der Waals surface area contributed by atoms with E-state index in [1.165, 1.54) is 5.56 Å². The number of carbonyl (C=O) groups excluding carboxylic acids is 4. The lowest BCUT2D eigenvalue weighted by Gasteiger charge is -2.22. The van der Waals surface area contributed by atoms with Gasteiger partial charge < -0.3 is 15.4 Å². The largest absolute Gasteiger partial charge is 0.454 e. The summed E-state index contributed by atoms with van der Waals surface area (Å²) < 4.78 is 4.95. The standard InChI is InChI=1S/C21H29N3O5/c1-5-15-8-10-16(11-9-15)14(4)22-17(25)13-29-18(26)12-24-19(27)21(6-2,7-3)23-20(24)28/h8-11,14H,5-7,12-13H2,1-4H3,(H,22,25)(H,23,28). The van der Waals surface area contributed by atoms with E-state index in [9.17, 15) is 19.2 Å². The first-order chi connectivity index (χ1) is 13.8. The molecule has 0 bridgehead atoms. The van der Waals surface area contributed by atoms with E-state index >= 15 is 0 Å². The second kappa shape index (κ2) is 9.54. The SMILES string of the molecule is CCc1ccc(C(C)NC(=O)COC(=O)CN2C(=O)NC(CC)(CC)C2=O)cc1. The van der Waals surface area contributed by atoms with Crippen LogP contribution in [0.5, 0.6) is 0 Å². The van der Waals surface area contributed by atoms with E-state index < -0.39 is 42.5 Å². The summed E-state index contributed by atoms with van der Waals surface area (Å²) in [5.41, 5.74) is 1.17. The van der Waals surface area contributed by atoms with Gasteiger partial charge in [0.1, 0.15) is 12.1 Å². The molecule has 8 heteroatoms. The van der Waals surface area contributed by atoms with Crippen LogP contribution in [0.15, 0.2) is 24.3 Å². The van der Waals surface area contributed by atoms with Gasteiger partial charge in [0, 0.05) is 0 Å². The number of hydrogen-bond acceptors (Lipinski definition) is 5. The topological polar surface area (TPSA) is 105 Å². The Labute approximate surface area is 171 Å². The van der Waals surface area contributed by atoms with Crippen molar-refractivity contribution in [3.63, 3.8) is 0 Å². The predicted molar refractivity (Wildman–Crippen MR) is 107 cm³/mol. The lowest BCUT2D eigenvalue weighted by atomic mass is 9.93. The third kappa shape index (κ3) is 5.13. The summed E-state index contributed by atoms with van der Waals surface area (Å²) in [4.78, 5) is 49.5. The molecule has 2 rings (SSSR count). The highest BCUT2D eigenvalue weighted by molar-refractivity contribution is 6.08. The molecule has 1 aromatic rings. The summed E-state index contributed by atoms with van der Waals surface area (Å²) in [7, 11) is 0. The quantitative estimate of drug-likeness (QED) is 0.485. The minimum atomic E-state index is -0.975. The van der Waals surface area contributed by atoms with Crippen molar-refractivity contribution in [3.05, 3.63) is 35.4 Å². The maximum atomic E-state index is 12.5. The first kappa shape index (κ1) is 22.4. The van der Waals surface area contributed by atoms with Crippen LogP contribution in [-0.4, -0.2) is 47.4 Å². The summed E-state index contributed by atoms with van der Waals surface area (Å²) in [6.07, 6.45) is 1.80. The zero-order valence-electron chi connectivity index (χ0n) is 17.4. The molecule has 0 spiro atoms. The summed E-state index contributed by atoms with van der Waals surface area (Å²) in [6.45, 7) is 6.50. The second-order valence-electron chi connectivity index (χ2n) is 7.16. The van der Waals surface area contributed by atoms with Gasteiger partial charge in [0.25, 0.3) is 11.8 Å². The molecule has 1 aromatic carbocycles. The van der Waals surface area contributed by atoms with Gasteiger partial charge in [-0.1, -0.05) is 45.0 Å². The van der Waals surface area contributed by atoms with E-state index in [4.69, 9.17) is 4.74 Å². The molecule has 1 unspecified atom stereocenters. The average molecular weight is 403 g/mol. The number of amides is 4. The number of nitrogens with one attached hydrogen (secondary N) is 2. The van der Waals surface area contributed by atoms with Crippen LogP contribution in [0.3, 0.4) is 0 Å². The Morgan fingerprint density at radius 1 is 1.14 bits per heavy atom. The fraction of sp³-hybridized carbons (Fsp3) is 0.524. The normalized spacial score (nSPS) is 16.3. The molecule has 1 aliphatic rings. The Morgan fingerprint density at radius 3 is 2.28 bits per heavy atom. The van der Waals surface area contributed by atoms with E-state index in [1.807, 2.05) is 31.2 Å². The number of aryl methyl sites for hydroxylation is 1. The van der Waals surface area contributed by atoms with Crippen molar-refractivity contribution in [1.82, 2.24) is 15.5 Å². The first-order valence-corrected chi connectivity index (χ1v) is 9.94. The van der Waals surface area contributed by atoms with E-state index in [1.54, 1.807) is 13.8 Å². The van der Waals surface area contributed by atoms with Gasteiger partial charge in [0.2, 0.25) is 0 Å². The van der Waals surface area contributed by atoms with Crippen LogP contribution < -0.4 is 10.6 Å². The van der Waals surface area contributed by atoms with Gasteiger partial charge in [-0.05, 0) is 37.3 Å². The van der Waals surface area contributed by atoms with Gasteiger partial charge in [-0.25, -0.2) is 4.79 Å². The van der Waals surface area contributed by atoms with Gasteiger partial charge in [-0.15, -0.1) is 0 Å². The molecule has 8 nitrogen and oxygen atoms in total. The van der Waals surface area contributed by atoms with Crippen LogP contribution in [0.25, 0.3) is 0 Å². The Hall–Kier alpha value is -2.90. The van der Waals surface area contributed by atoms with E-state index in [0.717, 1.165) is 16.9 Å². The van der Waals surface area contributed by atoms with Crippen LogP contribution in [0, 0.1) is 0 Å². The number of hydrogen-bond donors (Lipinski definition) is 2. The molecule has 0 saturated carbocycles. The Kier molecular flexibility index (Phi) is 7.36. The highest BCUT2D eigenvalue weighted by Crippen LogP contribution is 2.24. The van der Waals surface area contributed by atoms with Crippen LogP contribution in [0.1, 0.15) is 57.7 Å². The van der Waals surface area contributed by atoms with Gasteiger partial charge in [-0.3, -0.25) is 19.3 Å². The summed E-state index contributed by atoms with van der Waals surface area (Å²) in [6, 6.07) is 7.03. The molecule has 4 amide bonds. The number of ether oxygens (including phenoxy) is 1. The van der Waals surface area contributed by atoms with Gasteiger partial charge in [-0.2, -0.15) is 0 Å². The molecular formula is C21H29N3O5. The molecule has 2 N–H and O–H groups in total. The molecule has 0 aromatic heterocycles. The number of nitrogens with zero attached hydrogens (tertiary/aromatic N) is 1. The summed E-state index contributed by atoms with van der Waals surface area (Å²) in [5.74, 6) is -1.72. The zero-order chi connectivity index (χ0) is 21.6. The third-order valence-corrected chi connectivity index (χ3v) is 5.37. The molecule has 1 atom stereocenters. The van der Waals surface area contributed by atoms with Crippen LogP contribution in [0.4, 0.5) is 4.79 Å². The van der Waals surface area contributed by atoms with E-state index in [0.29, 0.717) is 12.8 Å². The van der Waals surface area contributed by atoms with Crippen molar-refractivity contribution < 1.29 is 23.9 Å². The Balaban J connectivity index is 1.83. The minimum Gasteiger partial charge on any atom is -0.454 e. The third-order valence-electron chi connectivity index (χ3n) is 5.37. The van der Waals surface area contributed by atoms with Gasteiger partial charge in [0.05, 0.1) is 6.04 Å². The van der Waals surface area contributed by atoms with E-state index in [-0.39, 0.29) is 6.04 Å². The maximum Gasteiger partial charge on any atom is 0.326 e. The van der Waals surface area contributed by atoms with Crippen LogP contribution >= 0.6 is 0 Å². The molecule has 158 valence electrons. The van der Waals surface area contributed by atoms with Gasteiger partial charge in [0.15, 0.2) is 6.61 Å². The molecule has 0 aliphatic carbocycles. The molecule has 1 saturated heterocycles.